The van der Waals surface area contributed by atoms with Gasteiger partial charge in [0.1, 0.15) is 6.29 Å². The Morgan fingerprint density at radius 1 is 1.06 bits per heavy atom. The summed E-state index contributed by atoms with van der Waals surface area (Å²) >= 11 is 0. The second kappa shape index (κ2) is 15.2. The lowest BCUT2D eigenvalue weighted by atomic mass is 9.88. The Bertz CT molecular complexity index is 736. The van der Waals surface area contributed by atoms with Gasteiger partial charge in [0.05, 0.1) is 0 Å². The molecule has 3 aliphatic rings. The van der Waals surface area contributed by atoms with Crippen LogP contribution in [0.4, 0.5) is 5.95 Å². The van der Waals surface area contributed by atoms with Crippen molar-refractivity contribution >= 4 is 18.1 Å². The van der Waals surface area contributed by atoms with Crippen molar-refractivity contribution in [3.8, 4) is 0 Å². The maximum absolute atomic E-state index is 12.7. The molecule has 1 aliphatic carbocycles. The number of piperazine rings is 1. The number of fused-ring (bicyclic) bond motifs is 2. The number of rotatable bonds is 7. The molecule has 198 valence electrons. The summed E-state index contributed by atoms with van der Waals surface area (Å²) in [6, 6.07) is 1.72. The number of aldehydes is 1. The average molecular weight is 488 g/mol. The van der Waals surface area contributed by atoms with Crippen LogP contribution in [0.3, 0.4) is 0 Å². The normalized spacial score (nSPS) is 22.9. The number of hydrogen-bond acceptors (Lipinski definition) is 6. The predicted molar refractivity (Wildman–Crippen MR) is 143 cm³/mol. The highest BCUT2D eigenvalue weighted by atomic mass is 16.2. The Kier molecular flexibility index (Phi) is 12.7. The van der Waals surface area contributed by atoms with Gasteiger partial charge in [-0.25, -0.2) is 9.97 Å². The maximum atomic E-state index is 12.7. The van der Waals surface area contributed by atoms with Crippen LogP contribution in [0.1, 0.15) is 98.0 Å². The number of nitrogens with zero attached hydrogens (tertiary/aromatic N) is 5. The summed E-state index contributed by atoms with van der Waals surface area (Å²) in [5.41, 5.74) is 1.02. The molecular formula is C28H49N5O2. The van der Waals surface area contributed by atoms with Gasteiger partial charge in [-0.05, 0) is 39.0 Å². The molecule has 1 saturated carbocycles. The molecule has 35 heavy (non-hydrogen) atoms. The number of carbonyl (C=O) groups is 2. The topological polar surface area (TPSA) is 69.6 Å². The summed E-state index contributed by atoms with van der Waals surface area (Å²) in [5.74, 6) is 1.37. The van der Waals surface area contributed by atoms with Gasteiger partial charge in [0.25, 0.3) is 0 Å². The minimum atomic E-state index is 0.214. The zero-order valence-corrected chi connectivity index (χ0v) is 23.1. The molecule has 1 aromatic heterocycles. The number of likely N-dealkylation sites (tertiary alicyclic amines) is 1. The molecule has 0 radical (unpaired) electrons. The number of aromatic nitrogens is 2. The van der Waals surface area contributed by atoms with Gasteiger partial charge in [0.2, 0.25) is 11.9 Å². The van der Waals surface area contributed by atoms with E-state index in [4.69, 9.17) is 9.97 Å². The van der Waals surface area contributed by atoms with E-state index in [9.17, 15) is 9.59 Å². The van der Waals surface area contributed by atoms with Gasteiger partial charge >= 0.3 is 0 Å². The second-order valence-electron chi connectivity index (χ2n) is 10.00. The van der Waals surface area contributed by atoms with E-state index in [-0.39, 0.29) is 11.8 Å². The molecule has 2 saturated heterocycles. The van der Waals surface area contributed by atoms with Crippen LogP contribution in [0.25, 0.3) is 0 Å². The van der Waals surface area contributed by atoms with Crippen molar-refractivity contribution in [1.82, 2.24) is 19.8 Å². The van der Waals surface area contributed by atoms with Crippen LogP contribution in [0.5, 0.6) is 0 Å². The standard InChI is InChI=1S/C23H37N5O.C3H6O.C2H6/c1-4-17(2)27-15-20-10-11-21(16-27)28(20)23-24-12-18(13-25-23)14-26(3)22(29)19-8-6-5-7-9-19;1-2-3-4;1-2/h12-13,17,19-21H,4-11,14-16H2,1-3H3;3H,2H2,1H3;1-2H3. The molecule has 1 aromatic rings. The Hall–Kier alpha value is -2.02. The van der Waals surface area contributed by atoms with Crippen LogP contribution in [-0.4, -0.2) is 70.2 Å². The third kappa shape index (κ3) is 7.99. The van der Waals surface area contributed by atoms with Crippen molar-refractivity contribution in [3.05, 3.63) is 18.0 Å². The monoisotopic (exact) mass is 487 g/mol. The van der Waals surface area contributed by atoms with Crippen molar-refractivity contribution in [2.45, 2.75) is 117 Å². The van der Waals surface area contributed by atoms with Gasteiger partial charge in [-0.3, -0.25) is 9.69 Å². The highest BCUT2D eigenvalue weighted by Gasteiger charge is 2.42. The SMILES string of the molecule is CC.CCC(C)N1CC2CCC(C1)N2c1ncc(CN(C)C(=O)C2CCCCC2)cn1.CCC=O. The maximum Gasteiger partial charge on any atom is 0.225 e. The fraction of sp³-hybridized carbons (Fsp3) is 0.786. The molecule has 0 N–H and O–H groups in total. The van der Waals surface area contributed by atoms with Gasteiger partial charge in [-0.15, -0.1) is 0 Å². The van der Waals surface area contributed by atoms with E-state index in [0.29, 0.717) is 31.1 Å². The van der Waals surface area contributed by atoms with E-state index in [1.807, 2.05) is 45.1 Å². The number of amides is 1. The lowest BCUT2D eigenvalue weighted by Crippen LogP contribution is -2.56. The lowest BCUT2D eigenvalue weighted by molar-refractivity contribution is -0.135. The smallest absolute Gasteiger partial charge is 0.225 e. The van der Waals surface area contributed by atoms with E-state index >= 15 is 0 Å². The minimum absolute atomic E-state index is 0.214. The lowest BCUT2D eigenvalue weighted by Gasteiger charge is -2.43. The Morgan fingerprint density at radius 2 is 1.60 bits per heavy atom. The molecular weight excluding hydrogens is 438 g/mol. The first-order chi connectivity index (χ1) is 17.0. The average Bonchev–Trinajstić information content (AvgIpc) is 3.18. The van der Waals surface area contributed by atoms with Crippen molar-refractivity contribution in [3.63, 3.8) is 0 Å². The van der Waals surface area contributed by atoms with Crippen molar-refractivity contribution in [2.75, 3.05) is 25.0 Å². The first-order valence-electron chi connectivity index (χ1n) is 14.0. The number of anilines is 1. The fourth-order valence-corrected chi connectivity index (χ4v) is 5.46. The van der Waals surface area contributed by atoms with Crippen LogP contribution in [0.2, 0.25) is 0 Å². The van der Waals surface area contributed by atoms with E-state index in [1.54, 1.807) is 0 Å². The molecule has 3 fully saturated rings. The first-order valence-corrected chi connectivity index (χ1v) is 14.0. The summed E-state index contributed by atoms with van der Waals surface area (Å²) in [5, 5.41) is 0. The van der Waals surface area contributed by atoms with Crippen LogP contribution in [0, 0.1) is 5.92 Å². The van der Waals surface area contributed by atoms with E-state index in [2.05, 4.69) is 23.6 Å². The zero-order valence-electron chi connectivity index (χ0n) is 23.1. The summed E-state index contributed by atoms with van der Waals surface area (Å²) in [6.45, 7) is 13.3. The highest BCUT2D eigenvalue weighted by molar-refractivity contribution is 5.78. The Balaban J connectivity index is 0.000000655. The Morgan fingerprint density at radius 3 is 2.09 bits per heavy atom. The van der Waals surface area contributed by atoms with Crippen molar-refractivity contribution in [2.24, 2.45) is 5.92 Å². The first kappa shape index (κ1) is 29.2. The molecule has 3 atom stereocenters. The third-order valence-corrected chi connectivity index (χ3v) is 7.56. The molecule has 3 unspecified atom stereocenters. The van der Waals surface area contributed by atoms with Crippen LogP contribution < -0.4 is 4.90 Å². The van der Waals surface area contributed by atoms with Crippen LogP contribution in [-0.2, 0) is 16.1 Å². The largest absolute Gasteiger partial charge is 0.341 e. The van der Waals surface area contributed by atoms with Crippen LogP contribution >= 0.6 is 0 Å². The second-order valence-corrected chi connectivity index (χ2v) is 10.00. The Labute approximate surface area is 213 Å². The van der Waals surface area contributed by atoms with Gasteiger partial charge in [0.15, 0.2) is 0 Å². The quantitative estimate of drug-likeness (QED) is 0.499. The number of hydrogen-bond donors (Lipinski definition) is 0. The predicted octanol–water partition coefficient (Wildman–Crippen LogP) is 5.09. The summed E-state index contributed by atoms with van der Waals surface area (Å²) < 4.78 is 0. The summed E-state index contributed by atoms with van der Waals surface area (Å²) in [6.07, 6.45) is 14.8. The fourth-order valence-electron chi connectivity index (χ4n) is 5.46. The molecule has 1 amide bonds. The van der Waals surface area contributed by atoms with Crippen molar-refractivity contribution < 1.29 is 9.59 Å². The number of carbonyl (C=O) groups excluding carboxylic acids is 2. The molecule has 0 spiro atoms. The van der Waals surface area contributed by atoms with Gasteiger partial charge < -0.3 is 14.6 Å². The molecule has 3 heterocycles. The van der Waals surface area contributed by atoms with Crippen molar-refractivity contribution in [1.29, 1.82) is 0 Å². The van der Waals surface area contributed by atoms with E-state index in [1.165, 1.54) is 38.5 Å². The molecule has 7 heteroatoms. The van der Waals surface area contributed by atoms with Gasteiger partial charge in [0, 0.05) is 75.1 Å². The van der Waals surface area contributed by atoms with Crippen LogP contribution in [0.15, 0.2) is 12.4 Å². The van der Waals surface area contributed by atoms with E-state index in [0.717, 1.165) is 43.7 Å². The molecule has 7 nitrogen and oxygen atoms in total. The molecule has 2 aliphatic heterocycles. The summed E-state index contributed by atoms with van der Waals surface area (Å²) in [4.78, 5) is 38.3. The third-order valence-electron chi connectivity index (χ3n) is 7.56. The molecule has 4 rings (SSSR count). The molecule has 2 bridgehead atoms. The zero-order chi connectivity index (χ0) is 25.8. The summed E-state index contributed by atoms with van der Waals surface area (Å²) in [7, 11) is 1.92. The van der Waals surface area contributed by atoms with E-state index < -0.39 is 0 Å². The minimum Gasteiger partial charge on any atom is -0.341 e. The molecule has 0 aromatic carbocycles. The highest BCUT2D eigenvalue weighted by Crippen LogP contribution is 2.34. The van der Waals surface area contributed by atoms with Gasteiger partial charge in [-0.1, -0.05) is 47.0 Å². The van der Waals surface area contributed by atoms with Gasteiger partial charge in [-0.2, -0.15) is 0 Å².